The first kappa shape index (κ1) is 17.5. The molecule has 0 saturated heterocycles. The van der Waals surface area contributed by atoms with Crippen LogP contribution in [0, 0.1) is 0 Å². The Morgan fingerprint density at radius 2 is 1.10 bits per heavy atom. The van der Waals surface area contributed by atoms with Gasteiger partial charge >= 0.3 is 0 Å². The van der Waals surface area contributed by atoms with Crippen LogP contribution in [0.1, 0.15) is 0 Å². The molecule has 0 saturated carbocycles. The highest BCUT2D eigenvalue weighted by molar-refractivity contribution is 9.10. The van der Waals surface area contributed by atoms with Gasteiger partial charge in [-0.25, -0.2) is 0 Å². The van der Waals surface area contributed by atoms with Crippen molar-refractivity contribution < 1.29 is 4.74 Å². The van der Waals surface area contributed by atoms with Gasteiger partial charge in [-0.3, -0.25) is 0 Å². The number of rotatable bonds is 2. The standard InChI is InChI=1S/C28H17BrO/c29-23-14-11-19(12-15-23)18-7-9-20(10-8-18)22-13-16-26-25(17-22)24-5-1-3-21-4-2-6-27(30-26)28(21)24/h1-17H. The summed E-state index contributed by atoms with van der Waals surface area (Å²) in [5.41, 5.74) is 7.20. The van der Waals surface area contributed by atoms with Crippen LogP contribution in [0.15, 0.2) is 108 Å². The topological polar surface area (TPSA) is 9.23 Å². The fourth-order valence-corrected chi connectivity index (χ4v) is 4.51. The Kier molecular flexibility index (Phi) is 4.00. The van der Waals surface area contributed by atoms with Crippen LogP contribution < -0.4 is 4.74 Å². The first-order valence-electron chi connectivity index (χ1n) is 9.97. The van der Waals surface area contributed by atoms with E-state index in [0.29, 0.717) is 0 Å². The summed E-state index contributed by atoms with van der Waals surface area (Å²) in [7, 11) is 0. The molecule has 1 nitrogen and oxygen atoms in total. The fraction of sp³-hybridized carbons (Fsp3) is 0. The number of hydrogen-bond acceptors (Lipinski definition) is 1. The Labute approximate surface area is 183 Å². The van der Waals surface area contributed by atoms with E-state index in [-0.39, 0.29) is 0 Å². The van der Waals surface area contributed by atoms with E-state index in [2.05, 4.69) is 107 Å². The van der Waals surface area contributed by atoms with Gasteiger partial charge in [0.25, 0.3) is 0 Å². The minimum Gasteiger partial charge on any atom is -0.456 e. The van der Waals surface area contributed by atoms with Crippen molar-refractivity contribution in [3.05, 3.63) is 108 Å². The molecule has 0 fully saturated rings. The van der Waals surface area contributed by atoms with E-state index in [1.165, 1.54) is 38.6 Å². The average Bonchev–Trinajstić information content (AvgIpc) is 2.80. The van der Waals surface area contributed by atoms with Crippen LogP contribution in [0.4, 0.5) is 0 Å². The van der Waals surface area contributed by atoms with Gasteiger partial charge in [-0.05, 0) is 63.5 Å². The summed E-state index contributed by atoms with van der Waals surface area (Å²) < 4.78 is 7.32. The molecule has 0 aromatic heterocycles. The highest BCUT2D eigenvalue weighted by Crippen LogP contribution is 2.47. The molecule has 0 unspecified atom stereocenters. The molecular formula is C28H17BrO. The predicted octanol–water partition coefficient (Wildman–Crippen LogP) is 8.71. The van der Waals surface area contributed by atoms with Crippen LogP contribution >= 0.6 is 15.9 Å². The molecule has 1 heterocycles. The lowest BCUT2D eigenvalue weighted by Crippen LogP contribution is -1.97. The minimum absolute atomic E-state index is 0.913. The molecule has 5 aromatic carbocycles. The lowest BCUT2D eigenvalue weighted by Gasteiger charge is -2.22. The van der Waals surface area contributed by atoms with Crippen LogP contribution in [0.5, 0.6) is 11.5 Å². The summed E-state index contributed by atoms with van der Waals surface area (Å²) in [6.45, 7) is 0. The summed E-state index contributed by atoms with van der Waals surface area (Å²) in [5, 5.41) is 2.40. The molecule has 5 aromatic rings. The maximum absolute atomic E-state index is 6.22. The van der Waals surface area contributed by atoms with Gasteiger partial charge in [0.1, 0.15) is 11.5 Å². The van der Waals surface area contributed by atoms with Gasteiger partial charge in [0.05, 0.1) is 0 Å². The third-order valence-electron chi connectivity index (χ3n) is 5.75. The normalized spacial score (nSPS) is 11.8. The molecule has 142 valence electrons. The van der Waals surface area contributed by atoms with Gasteiger partial charge in [-0.1, -0.05) is 88.7 Å². The van der Waals surface area contributed by atoms with Gasteiger partial charge in [0, 0.05) is 15.4 Å². The predicted molar refractivity (Wildman–Crippen MR) is 128 cm³/mol. The zero-order chi connectivity index (χ0) is 20.1. The van der Waals surface area contributed by atoms with Crippen molar-refractivity contribution in [2.75, 3.05) is 0 Å². The summed E-state index contributed by atoms with van der Waals surface area (Å²) in [5.74, 6) is 1.85. The molecule has 1 aliphatic rings. The second-order valence-corrected chi connectivity index (χ2v) is 8.47. The Hall–Kier alpha value is -3.36. The molecule has 30 heavy (non-hydrogen) atoms. The van der Waals surface area contributed by atoms with Crippen molar-refractivity contribution in [2.24, 2.45) is 0 Å². The van der Waals surface area contributed by atoms with E-state index in [4.69, 9.17) is 4.74 Å². The van der Waals surface area contributed by atoms with Crippen LogP contribution in [-0.2, 0) is 0 Å². The van der Waals surface area contributed by atoms with Crippen molar-refractivity contribution in [3.8, 4) is 44.9 Å². The Bertz CT molecular complexity index is 1390. The number of hydrogen-bond donors (Lipinski definition) is 0. The smallest absolute Gasteiger partial charge is 0.135 e. The van der Waals surface area contributed by atoms with Crippen LogP contribution in [0.2, 0.25) is 0 Å². The van der Waals surface area contributed by atoms with Gasteiger partial charge in [0.15, 0.2) is 0 Å². The number of fused-ring (bicyclic) bond motifs is 2. The Morgan fingerprint density at radius 3 is 1.83 bits per heavy atom. The van der Waals surface area contributed by atoms with Crippen molar-refractivity contribution >= 4 is 26.7 Å². The van der Waals surface area contributed by atoms with Crippen LogP contribution in [-0.4, -0.2) is 0 Å². The fourth-order valence-electron chi connectivity index (χ4n) is 4.24. The monoisotopic (exact) mass is 448 g/mol. The molecule has 6 rings (SSSR count). The number of halogens is 1. The second-order valence-electron chi connectivity index (χ2n) is 7.56. The molecule has 0 amide bonds. The highest BCUT2D eigenvalue weighted by atomic mass is 79.9. The van der Waals surface area contributed by atoms with Crippen LogP contribution in [0.3, 0.4) is 0 Å². The zero-order valence-electron chi connectivity index (χ0n) is 16.1. The molecule has 0 N–H and O–H groups in total. The minimum atomic E-state index is 0.913. The van der Waals surface area contributed by atoms with E-state index in [0.717, 1.165) is 21.5 Å². The first-order chi connectivity index (χ1) is 14.8. The molecule has 0 radical (unpaired) electrons. The maximum atomic E-state index is 6.22. The third-order valence-corrected chi connectivity index (χ3v) is 6.28. The molecule has 0 atom stereocenters. The molecule has 0 spiro atoms. The van der Waals surface area contributed by atoms with E-state index < -0.39 is 0 Å². The van der Waals surface area contributed by atoms with Gasteiger partial charge in [-0.2, -0.15) is 0 Å². The van der Waals surface area contributed by atoms with E-state index in [9.17, 15) is 0 Å². The third kappa shape index (κ3) is 2.84. The van der Waals surface area contributed by atoms with Gasteiger partial charge in [-0.15, -0.1) is 0 Å². The number of benzene rings is 5. The van der Waals surface area contributed by atoms with E-state index in [1.54, 1.807) is 0 Å². The molecule has 0 bridgehead atoms. The second kappa shape index (κ2) is 6.86. The Morgan fingerprint density at radius 1 is 0.500 bits per heavy atom. The summed E-state index contributed by atoms with van der Waals surface area (Å²) in [6, 6.07) is 36.3. The quantitative estimate of drug-likeness (QED) is 0.257. The largest absolute Gasteiger partial charge is 0.456 e. The maximum Gasteiger partial charge on any atom is 0.135 e. The highest BCUT2D eigenvalue weighted by Gasteiger charge is 2.20. The number of ether oxygens (including phenoxy) is 1. The van der Waals surface area contributed by atoms with E-state index in [1.807, 2.05) is 12.1 Å². The molecule has 0 aliphatic carbocycles. The van der Waals surface area contributed by atoms with Crippen LogP contribution in [0.25, 0.3) is 44.2 Å². The van der Waals surface area contributed by atoms with Crippen molar-refractivity contribution in [1.29, 1.82) is 0 Å². The van der Waals surface area contributed by atoms with E-state index >= 15 is 0 Å². The summed E-state index contributed by atoms with van der Waals surface area (Å²) >= 11 is 3.50. The van der Waals surface area contributed by atoms with Gasteiger partial charge < -0.3 is 4.74 Å². The molecule has 2 heteroatoms. The van der Waals surface area contributed by atoms with Crippen molar-refractivity contribution in [2.45, 2.75) is 0 Å². The van der Waals surface area contributed by atoms with Gasteiger partial charge in [0.2, 0.25) is 0 Å². The van der Waals surface area contributed by atoms with Crippen molar-refractivity contribution in [3.63, 3.8) is 0 Å². The first-order valence-corrected chi connectivity index (χ1v) is 10.8. The zero-order valence-corrected chi connectivity index (χ0v) is 17.7. The summed E-state index contributed by atoms with van der Waals surface area (Å²) in [6.07, 6.45) is 0. The Balaban J connectivity index is 1.43. The lowest BCUT2D eigenvalue weighted by molar-refractivity contribution is 0.487. The summed E-state index contributed by atoms with van der Waals surface area (Å²) in [4.78, 5) is 0. The van der Waals surface area contributed by atoms with Crippen molar-refractivity contribution in [1.82, 2.24) is 0 Å². The molecular weight excluding hydrogens is 432 g/mol. The SMILES string of the molecule is Brc1ccc(-c2ccc(-c3ccc4c(c3)-c3cccc5cccc(c35)O4)cc2)cc1. The average molecular weight is 449 g/mol. The molecule has 1 aliphatic heterocycles. The lowest BCUT2D eigenvalue weighted by atomic mass is 9.92.